The molecule has 0 spiro atoms. The van der Waals surface area contributed by atoms with Crippen LogP contribution in [-0.4, -0.2) is 31.6 Å². The lowest BCUT2D eigenvalue weighted by Gasteiger charge is -2.61. The van der Waals surface area contributed by atoms with Crippen molar-refractivity contribution in [3.8, 4) is 0 Å². The quantitative estimate of drug-likeness (QED) is 0.576. The van der Waals surface area contributed by atoms with E-state index in [-0.39, 0.29) is 18.0 Å². The number of carbonyl (C=O) groups excluding carboxylic acids is 3. The van der Waals surface area contributed by atoms with Gasteiger partial charge in [-0.15, -0.1) is 11.3 Å². The molecule has 1 aromatic heterocycles. The molecule has 4 fully saturated rings. The van der Waals surface area contributed by atoms with Gasteiger partial charge < -0.3 is 14.8 Å². The molecule has 6 nitrogen and oxygen atoms in total. The normalized spacial score (nSPS) is 29.0. The Morgan fingerprint density at radius 2 is 1.74 bits per heavy atom. The van der Waals surface area contributed by atoms with E-state index in [1.54, 1.807) is 0 Å². The van der Waals surface area contributed by atoms with E-state index in [1.807, 2.05) is 19.9 Å². The first-order chi connectivity index (χ1) is 16.2. The number of anilines is 1. The lowest BCUT2D eigenvalue weighted by atomic mass is 9.43. The molecule has 4 aliphatic carbocycles. The molecule has 1 amide bonds. The number of amides is 1. The van der Waals surface area contributed by atoms with E-state index in [9.17, 15) is 14.4 Å². The molecule has 1 N–H and O–H groups in total. The molecule has 1 aromatic carbocycles. The molecule has 2 aromatic rings. The highest BCUT2D eigenvalue weighted by molar-refractivity contribution is 7.16. The molecular weight excluding hydrogens is 450 g/mol. The first-order valence-corrected chi connectivity index (χ1v) is 12.8. The summed E-state index contributed by atoms with van der Waals surface area (Å²) in [5, 5.41) is 3.18. The number of methoxy groups -OCH3 is 1. The van der Waals surface area contributed by atoms with Crippen LogP contribution in [0.25, 0.3) is 0 Å². The number of benzene rings is 1. The second kappa shape index (κ2) is 8.52. The first-order valence-electron chi connectivity index (χ1n) is 12.0. The van der Waals surface area contributed by atoms with Crippen LogP contribution in [-0.2, 0) is 24.5 Å². The van der Waals surface area contributed by atoms with Gasteiger partial charge in [0, 0.05) is 4.88 Å². The van der Waals surface area contributed by atoms with Crippen molar-refractivity contribution in [1.82, 2.24) is 0 Å². The maximum atomic E-state index is 13.4. The smallest absolute Gasteiger partial charge is 0.341 e. The molecule has 4 aliphatic rings. The van der Waals surface area contributed by atoms with Crippen molar-refractivity contribution in [2.24, 2.45) is 17.3 Å². The Hall–Kier alpha value is -2.67. The van der Waals surface area contributed by atoms with E-state index in [2.05, 4.69) is 29.6 Å². The number of aryl methyl sites for hydroxylation is 1. The van der Waals surface area contributed by atoms with Crippen molar-refractivity contribution >= 4 is 34.2 Å². The minimum absolute atomic E-state index is 0.0358. The van der Waals surface area contributed by atoms with E-state index in [0.717, 1.165) is 42.5 Å². The highest BCUT2D eigenvalue weighted by Gasteiger charge is 2.61. The summed E-state index contributed by atoms with van der Waals surface area (Å²) < 4.78 is 10.5. The number of carbonyl (C=O) groups is 3. The standard InChI is InChI=1S/C27H31NO5S/c1-16-17(2)34-23(22(16)24(30)32-3)28-21(29)14-33-25(31)27-12-18-9-19(13-27)11-26(10-18,15-27)20-7-5-4-6-8-20/h4-8,18-19H,9-15H2,1-3H3,(H,28,29)/t18-,19-,26?,27?/m0/s1. The summed E-state index contributed by atoms with van der Waals surface area (Å²) in [5.74, 6) is -0.120. The van der Waals surface area contributed by atoms with E-state index < -0.39 is 17.3 Å². The Morgan fingerprint density at radius 3 is 2.38 bits per heavy atom. The summed E-state index contributed by atoms with van der Waals surface area (Å²) in [6, 6.07) is 10.6. The highest BCUT2D eigenvalue weighted by atomic mass is 32.1. The topological polar surface area (TPSA) is 81.7 Å². The van der Waals surface area contributed by atoms with Crippen molar-refractivity contribution in [3.05, 3.63) is 51.9 Å². The molecule has 0 aliphatic heterocycles. The van der Waals surface area contributed by atoms with Gasteiger partial charge >= 0.3 is 11.9 Å². The molecule has 6 rings (SSSR count). The largest absolute Gasteiger partial charge is 0.465 e. The number of thiophene rings is 1. The maximum absolute atomic E-state index is 13.4. The minimum atomic E-state index is -0.506. The second-order valence-electron chi connectivity index (χ2n) is 10.5. The third-order valence-corrected chi connectivity index (χ3v) is 9.37. The van der Waals surface area contributed by atoms with E-state index >= 15 is 0 Å². The molecule has 4 bridgehead atoms. The molecular formula is C27H31NO5S. The number of hydrogen-bond acceptors (Lipinski definition) is 6. The van der Waals surface area contributed by atoms with Gasteiger partial charge in [-0.3, -0.25) is 9.59 Å². The zero-order valence-electron chi connectivity index (χ0n) is 19.9. The Balaban J connectivity index is 1.29. The Bertz CT molecular complexity index is 1120. The molecule has 180 valence electrons. The van der Waals surface area contributed by atoms with E-state index in [4.69, 9.17) is 9.47 Å². The number of ether oxygens (including phenoxy) is 2. The van der Waals surface area contributed by atoms with Crippen LogP contribution in [0.15, 0.2) is 30.3 Å². The SMILES string of the molecule is COC(=O)c1c(NC(=O)COC(=O)C23C[C@H]4C[C@H](C2)CC(c2ccccc2)(C4)C3)sc(C)c1C. The van der Waals surface area contributed by atoms with Gasteiger partial charge in [-0.05, 0) is 80.8 Å². The fraction of sp³-hybridized carbons (Fsp3) is 0.519. The lowest BCUT2D eigenvalue weighted by molar-refractivity contribution is -0.175. The van der Waals surface area contributed by atoms with Crippen LogP contribution in [0.2, 0.25) is 0 Å². The van der Waals surface area contributed by atoms with Crippen LogP contribution in [0.5, 0.6) is 0 Å². The van der Waals surface area contributed by atoms with E-state index in [0.29, 0.717) is 22.4 Å². The molecule has 0 saturated heterocycles. The average Bonchev–Trinajstić information content (AvgIpc) is 3.09. The maximum Gasteiger partial charge on any atom is 0.341 e. The van der Waals surface area contributed by atoms with Gasteiger partial charge in [-0.25, -0.2) is 4.79 Å². The Kier molecular flexibility index (Phi) is 5.79. The van der Waals surface area contributed by atoms with Crippen LogP contribution < -0.4 is 5.32 Å². The summed E-state index contributed by atoms with van der Waals surface area (Å²) in [6.07, 6.45) is 5.97. The molecule has 0 unspecified atom stereocenters. The van der Waals surface area contributed by atoms with Crippen molar-refractivity contribution < 1.29 is 23.9 Å². The molecule has 2 atom stereocenters. The summed E-state index contributed by atoms with van der Waals surface area (Å²) in [4.78, 5) is 39.2. The fourth-order valence-electron chi connectivity index (χ4n) is 7.14. The number of nitrogens with one attached hydrogen (secondary N) is 1. The van der Waals surface area contributed by atoms with Crippen LogP contribution >= 0.6 is 11.3 Å². The molecule has 34 heavy (non-hydrogen) atoms. The van der Waals surface area contributed by atoms with Gasteiger partial charge in [-0.1, -0.05) is 30.3 Å². The van der Waals surface area contributed by atoms with Gasteiger partial charge in [0.15, 0.2) is 6.61 Å². The summed E-state index contributed by atoms with van der Waals surface area (Å²) >= 11 is 1.32. The summed E-state index contributed by atoms with van der Waals surface area (Å²) in [5.41, 5.74) is 2.00. The van der Waals surface area contributed by atoms with Gasteiger partial charge in [0.25, 0.3) is 5.91 Å². The van der Waals surface area contributed by atoms with Crippen molar-refractivity contribution in [1.29, 1.82) is 0 Å². The monoisotopic (exact) mass is 481 g/mol. The molecule has 7 heteroatoms. The van der Waals surface area contributed by atoms with Gasteiger partial charge in [0.2, 0.25) is 0 Å². The number of esters is 2. The van der Waals surface area contributed by atoms with Gasteiger partial charge in [0.05, 0.1) is 18.1 Å². The van der Waals surface area contributed by atoms with Crippen molar-refractivity contribution in [2.45, 2.75) is 57.8 Å². The highest BCUT2D eigenvalue weighted by Crippen LogP contribution is 2.66. The Labute approximate surface area is 204 Å². The van der Waals surface area contributed by atoms with Crippen LogP contribution in [0.4, 0.5) is 5.00 Å². The summed E-state index contributed by atoms with van der Waals surface area (Å²) in [6.45, 7) is 3.35. The van der Waals surface area contributed by atoms with E-state index in [1.165, 1.54) is 30.4 Å². The molecule has 1 heterocycles. The van der Waals surface area contributed by atoms with Crippen LogP contribution in [0.3, 0.4) is 0 Å². The Morgan fingerprint density at radius 1 is 1.06 bits per heavy atom. The van der Waals surface area contributed by atoms with Gasteiger partial charge in [0.1, 0.15) is 5.00 Å². The summed E-state index contributed by atoms with van der Waals surface area (Å²) in [7, 11) is 1.32. The minimum Gasteiger partial charge on any atom is -0.465 e. The second-order valence-corrected chi connectivity index (χ2v) is 11.7. The predicted molar refractivity (Wildman–Crippen MR) is 130 cm³/mol. The number of rotatable bonds is 6. The van der Waals surface area contributed by atoms with Crippen molar-refractivity contribution in [2.75, 3.05) is 19.0 Å². The first kappa shape index (κ1) is 23.1. The molecule has 4 saturated carbocycles. The van der Waals surface area contributed by atoms with Crippen LogP contribution in [0, 0.1) is 31.1 Å². The third kappa shape index (κ3) is 3.84. The zero-order valence-corrected chi connectivity index (χ0v) is 20.8. The zero-order chi connectivity index (χ0) is 24.1. The molecule has 0 radical (unpaired) electrons. The number of hydrogen-bond donors (Lipinski definition) is 1. The fourth-order valence-corrected chi connectivity index (χ4v) is 8.21. The third-order valence-electron chi connectivity index (χ3n) is 8.24. The van der Waals surface area contributed by atoms with Gasteiger partial charge in [-0.2, -0.15) is 0 Å². The predicted octanol–water partition coefficient (Wildman–Crippen LogP) is 5.17. The van der Waals surface area contributed by atoms with Crippen LogP contribution in [0.1, 0.15) is 64.9 Å². The lowest BCUT2D eigenvalue weighted by Crippen LogP contribution is -2.57. The average molecular weight is 482 g/mol. The van der Waals surface area contributed by atoms with Crippen molar-refractivity contribution in [3.63, 3.8) is 0 Å².